The van der Waals surface area contributed by atoms with E-state index in [9.17, 15) is 0 Å². The number of hydrogen-bond acceptors (Lipinski definition) is 1. The van der Waals surface area contributed by atoms with Crippen molar-refractivity contribution >= 4 is 48.9 Å². The fraction of sp³-hybridized carbons (Fsp3) is 0. The maximum absolute atomic E-state index is 7.81. The van der Waals surface area contributed by atoms with Crippen LogP contribution in [0.3, 0.4) is 0 Å². The van der Waals surface area contributed by atoms with Crippen LogP contribution in [0.4, 0.5) is 0 Å². The van der Waals surface area contributed by atoms with Gasteiger partial charge in [0.2, 0.25) is 0 Å². The third kappa shape index (κ3) is 17.9. The minimum atomic E-state index is 0. The first kappa shape index (κ1) is 22.9. The average Bonchev–Trinajstić information content (AvgIpc) is 1.00. The molecule has 1 nitrogen and oxygen atoms in total. The van der Waals surface area contributed by atoms with Gasteiger partial charge < -0.3 is 0 Å². The van der Waals surface area contributed by atoms with Gasteiger partial charge in [-0.3, -0.25) is 0 Å². The second-order valence-corrected chi connectivity index (χ2v) is 0. The van der Waals surface area contributed by atoms with E-state index in [1.54, 1.807) is 0 Å². The first-order valence-corrected chi connectivity index (χ1v) is 0.508. The summed E-state index contributed by atoms with van der Waals surface area (Å²) in [6.45, 7) is 0. The Balaban J connectivity index is -0.00000000167. The Morgan fingerprint density at radius 3 is 1.20 bits per heavy atom. The van der Waals surface area contributed by atoms with Crippen LogP contribution in [0.1, 0.15) is 0 Å². The molecule has 0 aromatic carbocycles. The summed E-state index contributed by atoms with van der Waals surface area (Å²) in [6, 6.07) is 0. The average molecular weight is 445 g/mol. The fourth-order valence-corrected chi connectivity index (χ4v) is 0. The van der Waals surface area contributed by atoms with E-state index < -0.39 is 0 Å². The van der Waals surface area contributed by atoms with E-state index >= 15 is 0 Å². The van der Waals surface area contributed by atoms with Crippen LogP contribution in [0.15, 0.2) is 0 Å². The predicted octanol–water partition coefficient (Wildman–Crippen LogP) is -0.505. The Kier molecular flexibility index (Phi) is 110. The number of hydrogen-bond donors (Lipinski definition) is 0. The maximum Gasteiger partial charge on any atom is 0 e. The van der Waals surface area contributed by atoms with Gasteiger partial charge >= 0.3 is 19.8 Å². The van der Waals surface area contributed by atoms with Crippen molar-refractivity contribution in [2.24, 2.45) is 0 Å². The van der Waals surface area contributed by atoms with E-state index in [2.05, 4.69) is 15.9 Å². The van der Waals surface area contributed by atoms with Gasteiger partial charge in [0.15, 0.2) is 0 Å². The molecule has 0 fully saturated rings. The predicted molar refractivity (Wildman–Crippen MR) is 6.44 cm³/mol. The van der Waals surface area contributed by atoms with Gasteiger partial charge in [-0.25, -0.2) is 0 Å². The van der Waals surface area contributed by atoms with Crippen molar-refractivity contribution in [3.63, 3.8) is 0 Å². The zero-order valence-electron chi connectivity index (χ0n) is 2.57. The summed E-state index contributed by atoms with van der Waals surface area (Å²) in [5.74, 6) is 0. The van der Waals surface area contributed by atoms with Crippen LogP contribution in [-0.4, -0.2) is 48.9 Å². The molecule has 0 aliphatic carbocycles. The molecule has 0 N–H and O–H groups in total. The zero-order valence-corrected chi connectivity index (χ0v) is 14.4. The van der Waals surface area contributed by atoms with Crippen molar-refractivity contribution in [1.82, 2.24) is 0 Å². The zero-order chi connectivity index (χ0) is 2.00. The van der Waals surface area contributed by atoms with Crippen molar-refractivity contribution in [2.45, 2.75) is 0 Å². The van der Waals surface area contributed by atoms with E-state index in [1.165, 1.54) is 0 Å². The summed E-state index contributed by atoms with van der Waals surface area (Å²) in [6.07, 6.45) is 0. The Bertz CT molecular complexity index is 11.6. The second-order valence-electron chi connectivity index (χ2n) is 0. The van der Waals surface area contributed by atoms with Crippen LogP contribution < -0.4 is 0 Å². The topological polar surface area (TPSA) is 17.1 Å². The van der Waals surface area contributed by atoms with Gasteiger partial charge in [0.1, 0.15) is 0 Å². The Morgan fingerprint density at radius 1 is 1.20 bits per heavy atom. The SMILES string of the molecule is [Ba].[La].[O]=[Cu].[Y]. The van der Waals surface area contributed by atoms with Crippen LogP contribution in [-0.2, 0) is 52.5 Å². The molecule has 0 bridgehead atoms. The molecule has 0 amide bonds. The molecule has 0 heterocycles. The van der Waals surface area contributed by atoms with E-state index in [0.717, 1.165) is 0 Å². The van der Waals surface area contributed by atoms with Gasteiger partial charge in [-0.05, 0) is 0 Å². The quantitative estimate of drug-likeness (QED) is 0.460. The molecule has 0 aromatic rings. The summed E-state index contributed by atoms with van der Waals surface area (Å²) in [5.41, 5.74) is 0. The van der Waals surface area contributed by atoms with Crippen LogP contribution in [0, 0.1) is 35.6 Å². The minimum absolute atomic E-state index is 0. The van der Waals surface area contributed by atoms with Crippen molar-refractivity contribution in [1.29, 1.82) is 0 Å². The molecule has 0 spiro atoms. The molecule has 0 aliphatic heterocycles. The van der Waals surface area contributed by atoms with Crippen molar-refractivity contribution in [3.8, 4) is 0 Å². The van der Waals surface area contributed by atoms with Crippen LogP contribution in [0.2, 0.25) is 0 Å². The van der Waals surface area contributed by atoms with Gasteiger partial charge in [-0.2, -0.15) is 0 Å². The third-order valence-electron chi connectivity index (χ3n) is 0. The van der Waals surface area contributed by atoms with Crippen LogP contribution in [0.25, 0.3) is 0 Å². The molecule has 25 valence electrons. The number of rotatable bonds is 0. The van der Waals surface area contributed by atoms with Crippen molar-refractivity contribution < 1.29 is 88.1 Å². The Morgan fingerprint density at radius 2 is 1.20 bits per heavy atom. The summed E-state index contributed by atoms with van der Waals surface area (Å²) in [7, 11) is 0. The largest absolute Gasteiger partial charge is 0 e. The van der Waals surface area contributed by atoms with Gasteiger partial charge in [0.25, 0.3) is 0 Å². The molecular formula is BaCuLaOY. The van der Waals surface area contributed by atoms with E-state index in [1.807, 2.05) is 0 Å². The van der Waals surface area contributed by atoms with Crippen LogP contribution in [0.5, 0.6) is 0 Å². The first-order chi connectivity index (χ1) is 1.00. The van der Waals surface area contributed by atoms with Gasteiger partial charge in [0, 0.05) is 117 Å². The van der Waals surface area contributed by atoms with Crippen molar-refractivity contribution in [2.75, 3.05) is 0 Å². The molecule has 0 unspecified atom stereocenters. The summed E-state index contributed by atoms with van der Waals surface area (Å²) in [5, 5.41) is 0. The van der Waals surface area contributed by atoms with Crippen LogP contribution >= 0.6 is 0 Å². The Hall–Kier alpha value is 4.19. The van der Waals surface area contributed by atoms with Gasteiger partial charge in [-0.15, -0.1) is 0 Å². The molecule has 4 radical (unpaired) electrons. The maximum atomic E-state index is 7.81. The van der Waals surface area contributed by atoms with E-state index in [0.29, 0.717) is 0 Å². The first-order valence-electron chi connectivity index (χ1n) is 0.123. The molecule has 0 aromatic heterocycles. The Labute approximate surface area is 133 Å². The normalized spacial score (nSPS) is 1.20. The molecule has 0 saturated carbocycles. The van der Waals surface area contributed by atoms with E-state index in [4.69, 9.17) is 3.83 Å². The molecule has 5 heteroatoms. The molecule has 0 aliphatic rings. The monoisotopic (exact) mass is 445 g/mol. The van der Waals surface area contributed by atoms with Gasteiger partial charge in [0.05, 0.1) is 0 Å². The fourth-order valence-electron chi connectivity index (χ4n) is 0. The molecule has 5 heavy (non-hydrogen) atoms. The molecule has 0 saturated heterocycles. The standard InChI is InChI=1S/Ba.Cu.La.O.Y. The van der Waals surface area contributed by atoms with Crippen molar-refractivity contribution in [3.05, 3.63) is 0 Å². The third-order valence-corrected chi connectivity index (χ3v) is 0. The summed E-state index contributed by atoms with van der Waals surface area (Å²) >= 11 is 2.94. The summed E-state index contributed by atoms with van der Waals surface area (Å²) in [4.78, 5) is 0. The summed E-state index contributed by atoms with van der Waals surface area (Å²) < 4.78 is 7.81. The van der Waals surface area contributed by atoms with E-state index in [-0.39, 0.29) is 117 Å². The second kappa shape index (κ2) is 24.1. The molecular weight excluding hydrogens is 445 g/mol. The van der Waals surface area contributed by atoms with Gasteiger partial charge in [-0.1, -0.05) is 0 Å². The molecule has 0 rings (SSSR count). The minimum Gasteiger partial charge on any atom is 0 e. The smallest absolute Gasteiger partial charge is 0 e. The molecule has 0 atom stereocenters.